The summed E-state index contributed by atoms with van der Waals surface area (Å²) < 4.78 is 5.63. The highest BCUT2D eigenvalue weighted by Crippen LogP contribution is 2.18. The number of nitrogens with zero attached hydrogens (tertiary/aromatic N) is 5. The molecule has 0 radical (unpaired) electrons. The first-order valence-electron chi connectivity index (χ1n) is 7.71. The third-order valence-electron chi connectivity index (χ3n) is 3.61. The van der Waals surface area contributed by atoms with Gasteiger partial charge in [-0.05, 0) is 45.1 Å². The third-order valence-corrected chi connectivity index (χ3v) is 3.61. The molecule has 7 nitrogen and oxygen atoms in total. The molecule has 0 fully saturated rings. The van der Waals surface area contributed by atoms with Crippen molar-refractivity contribution < 1.29 is 4.74 Å². The molecule has 1 N–H and O–H groups in total. The number of ether oxygens (including phenoxy) is 1. The van der Waals surface area contributed by atoms with Crippen molar-refractivity contribution in [2.75, 3.05) is 32.6 Å². The van der Waals surface area contributed by atoms with E-state index >= 15 is 0 Å². The molecule has 0 saturated carbocycles. The Morgan fingerprint density at radius 1 is 1.29 bits per heavy atom. The van der Waals surface area contributed by atoms with E-state index in [1.165, 1.54) is 0 Å². The summed E-state index contributed by atoms with van der Waals surface area (Å²) in [5.41, 5.74) is 3.13. The van der Waals surface area contributed by atoms with Gasteiger partial charge in [0.25, 0.3) is 0 Å². The zero-order chi connectivity index (χ0) is 17.5. The summed E-state index contributed by atoms with van der Waals surface area (Å²) in [6.45, 7) is 5.63. The van der Waals surface area contributed by atoms with Crippen LogP contribution in [-0.4, -0.2) is 47.3 Å². The molecular formula is C17H22N6O. The Morgan fingerprint density at radius 3 is 2.79 bits per heavy atom. The van der Waals surface area contributed by atoms with Crippen LogP contribution in [-0.2, 0) is 6.54 Å². The minimum atomic E-state index is 0.493. The Kier molecular flexibility index (Phi) is 6.04. The molecule has 126 valence electrons. The molecule has 2 aromatic rings. The molecule has 0 unspecified atom stereocenters. The van der Waals surface area contributed by atoms with Crippen LogP contribution in [0, 0.1) is 25.2 Å². The largest absolute Gasteiger partial charge is 0.476 e. The molecule has 0 amide bonds. The van der Waals surface area contributed by atoms with Crippen molar-refractivity contribution in [2.24, 2.45) is 0 Å². The van der Waals surface area contributed by atoms with Gasteiger partial charge >= 0.3 is 0 Å². The van der Waals surface area contributed by atoms with Crippen LogP contribution in [0.15, 0.2) is 18.3 Å². The molecule has 0 saturated heterocycles. The molecular weight excluding hydrogens is 304 g/mol. The molecule has 0 aliphatic carbocycles. The van der Waals surface area contributed by atoms with E-state index < -0.39 is 0 Å². The standard InChI is InChI=1S/C17H22N6O/c1-12-13(2)21-22-17(15(12)10-18)20-11-14-5-6-19-16(9-14)24-8-7-23(3)4/h5-6,9H,7-8,11H2,1-4H3,(H,20,22). The van der Waals surface area contributed by atoms with Crippen molar-refractivity contribution in [3.63, 3.8) is 0 Å². The molecule has 24 heavy (non-hydrogen) atoms. The Balaban J connectivity index is 2.03. The first-order chi connectivity index (χ1) is 11.5. The van der Waals surface area contributed by atoms with Gasteiger partial charge in [0.1, 0.15) is 18.2 Å². The minimum Gasteiger partial charge on any atom is -0.476 e. The van der Waals surface area contributed by atoms with Crippen molar-refractivity contribution in [1.29, 1.82) is 5.26 Å². The lowest BCUT2D eigenvalue weighted by atomic mass is 10.1. The van der Waals surface area contributed by atoms with Crippen molar-refractivity contribution in [3.8, 4) is 11.9 Å². The molecule has 0 aliphatic rings. The Labute approximate surface area is 142 Å². The summed E-state index contributed by atoms with van der Waals surface area (Å²) in [4.78, 5) is 6.25. The fraction of sp³-hybridized carbons (Fsp3) is 0.412. The molecule has 0 spiro atoms. The highest BCUT2D eigenvalue weighted by Gasteiger charge is 2.10. The predicted octanol–water partition coefficient (Wildman–Crippen LogP) is 1.91. The summed E-state index contributed by atoms with van der Waals surface area (Å²) in [6, 6.07) is 5.96. The van der Waals surface area contributed by atoms with Crippen molar-refractivity contribution in [2.45, 2.75) is 20.4 Å². The first kappa shape index (κ1) is 17.6. The maximum absolute atomic E-state index is 9.32. The summed E-state index contributed by atoms with van der Waals surface area (Å²) in [5, 5.41) is 20.6. The average Bonchev–Trinajstić information content (AvgIpc) is 2.56. The summed E-state index contributed by atoms with van der Waals surface area (Å²) in [7, 11) is 3.99. The summed E-state index contributed by atoms with van der Waals surface area (Å²) in [5.74, 6) is 1.08. The molecule has 2 aromatic heterocycles. The van der Waals surface area contributed by atoms with Crippen molar-refractivity contribution in [1.82, 2.24) is 20.1 Å². The zero-order valence-corrected chi connectivity index (χ0v) is 14.5. The molecule has 7 heteroatoms. The SMILES string of the molecule is Cc1nnc(NCc2ccnc(OCCN(C)C)c2)c(C#N)c1C. The van der Waals surface area contributed by atoms with Crippen LogP contribution < -0.4 is 10.1 Å². The summed E-state index contributed by atoms with van der Waals surface area (Å²) in [6.07, 6.45) is 1.71. The van der Waals surface area contributed by atoms with Gasteiger partial charge in [0.05, 0.1) is 5.69 Å². The van der Waals surface area contributed by atoms with E-state index in [1.54, 1.807) is 6.20 Å². The number of likely N-dealkylation sites (N-methyl/N-ethyl adjacent to an activating group) is 1. The van der Waals surface area contributed by atoms with Gasteiger partial charge in [0.2, 0.25) is 5.88 Å². The Morgan fingerprint density at radius 2 is 2.08 bits per heavy atom. The molecule has 2 rings (SSSR count). The van der Waals surface area contributed by atoms with Crippen LogP contribution >= 0.6 is 0 Å². The topological polar surface area (TPSA) is 87.0 Å². The highest BCUT2D eigenvalue weighted by molar-refractivity contribution is 5.55. The second-order valence-electron chi connectivity index (χ2n) is 5.75. The Bertz CT molecular complexity index is 738. The number of nitrogens with one attached hydrogen (secondary N) is 1. The third kappa shape index (κ3) is 4.64. The van der Waals surface area contributed by atoms with E-state index in [-0.39, 0.29) is 0 Å². The van der Waals surface area contributed by atoms with Gasteiger partial charge in [-0.15, -0.1) is 5.10 Å². The monoisotopic (exact) mass is 326 g/mol. The van der Waals surface area contributed by atoms with E-state index in [9.17, 15) is 5.26 Å². The van der Waals surface area contributed by atoms with Gasteiger partial charge in [0, 0.05) is 25.4 Å². The van der Waals surface area contributed by atoms with E-state index in [4.69, 9.17) is 4.74 Å². The lowest BCUT2D eigenvalue weighted by Crippen LogP contribution is -2.19. The summed E-state index contributed by atoms with van der Waals surface area (Å²) >= 11 is 0. The lowest BCUT2D eigenvalue weighted by molar-refractivity contribution is 0.253. The van der Waals surface area contributed by atoms with Crippen molar-refractivity contribution in [3.05, 3.63) is 40.7 Å². The maximum atomic E-state index is 9.32. The number of hydrogen-bond acceptors (Lipinski definition) is 7. The number of aromatic nitrogens is 3. The zero-order valence-electron chi connectivity index (χ0n) is 14.5. The van der Waals surface area contributed by atoms with Crippen LogP contribution in [0.3, 0.4) is 0 Å². The number of aryl methyl sites for hydroxylation is 1. The van der Waals surface area contributed by atoms with E-state index in [0.717, 1.165) is 23.4 Å². The van der Waals surface area contributed by atoms with Gasteiger partial charge in [0.15, 0.2) is 5.82 Å². The highest BCUT2D eigenvalue weighted by atomic mass is 16.5. The minimum absolute atomic E-state index is 0.493. The second-order valence-corrected chi connectivity index (χ2v) is 5.75. The second kappa shape index (κ2) is 8.22. The fourth-order valence-corrected chi connectivity index (χ4v) is 2.03. The van der Waals surface area contributed by atoms with E-state index in [0.29, 0.717) is 30.4 Å². The molecule has 0 atom stereocenters. The predicted molar refractivity (Wildman–Crippen MR) is 91.8 cm³/mol. The van der Waals surface area contributed by atoms with E-state index in [2.05, 4.69) is 26.6 Å². The fourth-order valence-electron chi connectivity index (χ4n) is 2.03. The van der Waals surface area contributed by atoms with Crippen LogP contribution in [0.1, 0.15) is 22.4 Å². The van der Waals surface area contributed by atoms with E-state index in [1.807, 2.05) is 45.0 Å². The van der Waals surface area contributed by atoms with Crippen LogP contribution in [0.2, 0.25) is 0 Å². The van der Waals surface area contributed by atoms with Gasteiger partial charge in [-0.2, -0.15) is 10.4 Å². The van der Waals surface area contributed by atoms with Crippen LogP contribution in [0.25, 0.3) is 0 Å². The van der Waals surface area contributed by atoms with Gasteiger partial charge in [-0.25, -0.2) is 4.98 Å². The maximum Gasteiger partial charge on any atom is 0.213 e. The average molecular weight is 326 g/mol. The van der Waals surface area contributed by atoms with Gasteiger partial charge < -0.3 is 15.0 Å². The number of rotatable bonds is 7. The smallest absolute Gasteiger partial charge is 0.213 e. The number of anilines is 1. The number of pyridine rings is 1. The van der Waals surface area contributed by atoms with Crippen LogP contribution in [0.5, 0.6) is 5.88 Å². The first-order valence-corrected chi connectivity index (χ1v) is 7.71. The van der Waals surface area contributed by atoms with Crippen LogP contribution in [0.4, 0.5) is 5.82 Å². The normalized spacial score (nSPS) is 10.5. The lowest BCUT2D eigenvalue weighted by Gasteiger charge is -2.12. The quantitative estimate of drug-likeness (QED) is 0.831. The van der Waals surface area contributed by atoms with Crippen molar-refractivity contribution >= 4 is 5.82 Å². The van der Waals surface area contributed by atoms with Gasteiger partial charge in [-0.1, -0.05) is 0 Å². The Hall–Kier alpha value is -2.72. The number of nitriles is 1. The molecule has 0 aliphatic heterocycles. The van der Waals surface area contributed by atoms with Gasteiger partial charge in [-0.3, -0.25) is 0 Å². The molecule has 2 heterocycles. The number of hydrogen-bond donors (Lipinski definition) is 1. The molecule has 0 aromatic carbocycles. The molecule has 0 bridgehead atoms.